The highest BCUT2D eigenvalue weighted by Crippen LogP contribution is 2.25. The second kappa shape index (κ2) is 6.38. The van der Waals surface area contributed by atoms with E-state index in [0.29, 0.717) is 5.56 Å². The number of nitrogens with zero attached hydrogens (tertiary/aromatic N) is 2. The first-order valence-electron chi connectivity index (χ1n) is 6.48. The quantitative estimate of drug-likeness (QED) is 0.897. The van der Waals surface area contributed by atoms with Gasteiger partial charge in [-0.3, -0.25) is 9.97 Å². The van der Waals surface area contributed by atoms with Crippen LogP contribution >= 0.6 is 0 Å². The van der Waals surface area contributed by atoms with E-state index < -0.39 is 0 Å². The van der Waals surface area contributed by atoms with Gasteiger partial charge in [-0.2, -0.15) is 0 Å². The summed E-state index contributed by atoms with van der Waals surface area (Å²) in [4.78, 5) is 8.09. The highest BCUT2D eigenvalue weighted by atomic mass is 19.1. The van der Waals surface area contributed by atoms with Crippen LogP contribution < -0.4 is 5.32 Å². The first kappa shape index (κ1) is 13.6. The van der Waals surface area contributed by atoms with Crippen molar-refractivity contribution >= 4 is 0 Å². The maximum absolute atomic E-state index is 14.0. The van der Waals surface area contributed by atoms with Crippen LogP contribution in [0.1, 0.15) is 36.2 Å². The molecule has 2 aromatic rings. The van der Waals surface area contributed by atoms with Crippen molar-refractivity contribution < 1.29 is 4.39 Å². The fourth-order valence-electron chi connectivity index (χ4n) is 2.10. The topological polar surface area (TPSA) is 37.8 Å². The third kappa shape index (κ3) is 3.15. The van der Waals surface area contributed by atoms with Gasteiger partial charge in [0, 0.05) is 23.7 Å². The second-order valence-corrected chi connectivity index (χ2v) is 4.46. The second-order valence-electron chi connectivity index (χ2n) is 4.46. The molecule has 4 heteroatoms. The largest absolute Gasteiger partial charge is 0.306 e. The maximum Gasteiger partial charge on any atom is 0.146 e. The lowest BCUT2D eigenvalue weighted by Gasteiger charge is -2.21. The van der Waals surface area contributed by atoms with E-state index in [1.54, 1.807) is 18.5 Å². The van der Waals surface area contributed by atoms with E-state index in [0.717, 1.165) is 24.2 Å². The van der Waals surface area contributed by atoms with E-state index in [-0.39, 0.29) is 11.9 Å². The zero-order valence-electron chi connectivity index (χ0n) is 11.2. The van der Waals surface area contributed by atoms with Gasteiger partial charge in [-0.1, -0.05) is 13.0 Å². The Balaban J connectivity index is 2.42. The molecular weight excluding hydrogens is 241 g/mol. The van der Waals surface area contributed by atoms with E-state index in [1.165, 1.54) is 6.20 Å². The summed E-state index contributed by atoms with van der Waals surface area (Å²) in [6, 6.07) is 5.39. The summed E-state index contributed by atoms with van der Waals surface area (Å²) in [7, 11) is 0. The van der Waals surface area contributed by atoms with Crippen molar-refractivity contribution in [3.8, 4) is 0 Å². The van der Waals surface area contributed by atoms with Gasteiger partial charge in [0.1, 0.15) is 5.82 Å². The first-order chi connectivity index (χ1) is 9.24. The van der Waals surface area contributed by atoms with Gasteiger partial charge in [-0.25, -0.2) is 4.39 Å². The van der Waals surface area contributed by atoms with Gasteiger partial charge in [0.15, 0.2) is 0 Å². The molecule has 1 N–H and O–H groups in total. The minimum atomic E-state index is -0.292. The molecule has 1 unspecified atom stereocenters. The molecule has 0 saturated heterocycles. The number of halogens is 1. The first-order valence-corrected chi connectivity index (χ1v) is 6.48. The molecule has 0 aliphatic carbocycles. The summed E-state index contributed by atoms with van der Waals surface area (Å²) in [5.74, 6) is -0.292. The van der Waals surface area contributed by atoms with Gasteiger partial charge >= 0.3 is 0 Å². The maximum atomic E-state index is 14.0. The van der Waals surface area contributed by atoms with E-state index >= 15 is 0 Å². The smallest absolute Gasteiger partial charge is 0.146 e. The van der Waals surface area contributed by atoms with E-state index in [1.807, 2.05) is 19.1 Å². The number of nitrogens with one attached hydrogen (secondary N) is 1. The molecule has 0 amide bonds. The molecule has 0 bridgehead atoms. The molecule has 2 heterocycles. The lowest BCUT2D eigenvalue weighted by Crippen LogP contribution is -2.25. The van der Waals surface area contributed by atoms with Crippen LogP contribution in [0.4, 0.5) is 4.39 Å². The van der Waals surface area contributed by atoms with Gasteiger partial charge in [-0.15, -0.1) is 0 Å². The van der Waals surface area contributed by atoms with Crippen LogP contribution in [-0.2, 0) is 0 Å². The minimum absolute atomic E-state index is 0.184. The Morgan fingerprint density at radius 1 is 1.26 bits per heavy atom. The molecule has 2 rings (SSSR count). The molecule has 0 fully saturated rings. The number of hydrogen-bond acceptors (Lipinski definition) is 3. The summed E-state index contributed by atoms with van der Waals surface area (Å²) < 4.78 is 14.0. The average molecular weight is 259 g/mol. The van der Waals surface area contributed by atoms with Crippen molar-refractivity contribution in [1.82, 2.24) is 15.3 Å². The summed E-state index contributed by atoms with van der Waals surface area (Å²) in [5, 5.41) is 3.38. The van der Waals surface area contributed by atoms with Gasteiger partial charge in [0.05, 0.1) is 12.2 Å². The molecule has 100 valence electrons. The van der Waals surface area contributed by atoms with Crippen LogP contribution in [0.3, 0.4) is 0 Å². The zero-order valence-corrected chi connectivity index (χ0v) is 11.2. The Kier molecular flexibility index (Phi) is 4.58. The number of aromatic nitrogens is 2. The Labute approximate surface area is 112 Å². The molecule has 1 atom stereocenters. The van der Waals surface area contributed by atoms with Crippen LogP contribution in [0, 0.1) is 12.7 Å². The Hall–Kier alpha value is -1.81. The third-order valence-electron chi connectivity index (χ3n) is 3.07. The number of pyridine rings is 2. The van der Waals surface area contributed by atoms with Crippen molar-refractivity contribution in [2.75, 3.05) is 6.54 Å². The van der Waals surface area contributed by atoms with Crippen molar-refractivity contribution in [3.05, 3.63) is 59.4 Å². The molecule has 3 nitrogen and oxygen atoms in total. The number of aryl methyl sites for hydroxylation is 1. The van der Waals surface area contributed by atoms with Crippen molar-refractivity contribution in [2.24, 2.45) is 0 Å². The SMILES string of the molecule is CCCNC(c1ccncc1F)c1cccnc1C. The summed E-state index contributed by atoms with van der Waals surface area (Å²) in [6.07, 6.45) is 5.60. The Bertz CT molecular complexity index is 497. The van der Waals surface area contributed by atoms with Crippen LogP contribution in [0.5, 0.6) is 0 Å². The van der Waals surface area contributed by atoms with Crippen molar-refractivity contribution in [3.63, 3.8) is 0 Å². The van der Waals surface area contributed by atoms with E-state index in [4.69, 9.17) is 0 Å². The van der Waals surface area contributed by atoms with Gasteiger partial charge in [0.25, 0.3) is 0 Å². The van der Waals surface area contributed by atoms with Crippen molar-refractivity contribution in [2.45, 2.75) is 26.3 Å². The molecule has 0 saturated carbocycles. The van der Waals surface area contributed by atoms with Gasteiger partial charge in [0.2, 0.25) is 0 Å². The van der Waals surface area contributed by atoms with E-state index in [2.05, 4.69) is 22.2 Å². The average Bonchev–Trinajstić information content (AvgIpc) is 2.42. The van der Waals surface area contributed by atoms with Crippen LogP contribution in [0.25, 0.3) is 0 Å². The Morgan fingerprint density at radius 2 is 2.11 bits per heavy atom. The normalized spacial score (nSPS) is 12.4. The summed E-state index contributed by atoms with van der Waals surface area (Å²) in [6.45, 7) is 4.85. The molecule has 0 radical (unpaired) electrons. The monoisotopic (exact) mass is 259 g/mol. The molecule has 0 aromatic carbocycles. The highest BCUT2D eigenvalue weighted by Gasteiger charge is 2.19. The molecular formula is C15H18FN3. The van der Waals surface area contributed by atoms with Crippen LogP contribution in [0.2, 0.25) is 0 Å². The zero-order chi connectivity index (χ0) is 13.7. The fourth-order valence-corrected chi connectivity index (χ4v) is 2.10. The van der Waals surface area contributed by atoms with Crippen LogP contribution in [-0.4, -0.2) is 16.5 Å². The van der Waals surface area contributed by atoms with Gasteiger partial charge < -0.3 is 5.32 Å². The number of hydrogen-bond donors (Lipinski definition) is 1. The number of rotatable bonds is 5. The van der Waals surface area contributed by atoms with Gasteiger partial charge in [-0.05, 0) is 37.6 Å². The molecule has 0 spiro atoms. The predicted octanol–water partition coefficient (Wildman–Crippen LogP) is 3.01. The predicted molar refractivity (Wildman–Crippen MR) is 73.3 cm³/mol. The Morgan fingerprint density at radius 3 is 2.79 bits per heavy atom. The van der Waals surface area contributed by atoms with Crippen LogP contribution in [0.15, 0.2) is 36.8 Å². The fraction of sp³-hybridized carbons (Fsp3) is 0.333. The standard InChI is InChI=1S/C15H18FN3/c1-3-7-19-15(12-5-4-8-18-11(12)2)13-6-9-17-10-14(13)16/h4-6,8-10,15,19H,3,7H2,1-2H3. The molecule has 2 aromatic heterocycles. The molecule has 0 aliphatic heterocycles. The highest BCUT2D eigenvalue weighted by molar-refractivity contribution is 5.33. The molecule has 0 aliphatic rings. The summed E-state index contributed by atoms with van der Waals surface area (Å²) in [5.41, 5.74) is 2.52. The lowest BCUT2D eigenvalue weighted by molar-refractivity contribution is 0.540. The molecule has 19 heavy (non-hydrogen) atoms. The van der Waals surface area contributed by atoms with Crippen molar-refractivity contribution in [1.29, 1.82) is 0 Å². The van der Waals surface area contributed by atoms with E-state index in [9.17, 15) is 4.39 Å². The summed E-state index contributed by atoms with van der Waals surface area (Å²) >= 11 is 0. The minimum Gasteiger partial charge on any atom is -0.306 e. The third-order valence-corrected chi connectivity index (χ3v) is 3.07. The lowest BCUT2D eigenvalue weighted by atomic mass is 9.98.